The van der Waals surface area contributed by atoms with E-state index >= 15 is 0 Å². The van der Waals surface area contributed by atoms with Crippen LogP contribution in [0.1, 0.15) is 26.7 Å². The van der Waals surface area contributed by atoms with Crippen molar-refractivity contribution in [2.45, 2.75) is 24.7 Å². The molecule has 1 N–H and O–H groups in total. The molecule has 0 unspecified atom stereocenters. The molecule has 1 aliphatic heterocycles. The summed E-state index contributed by atoms with van der Waals surface area (Å²) in [7, 11) is -3.76. The van der Waals surface area contributed by atoms with Gasteiger partial charge in [-0.2, -0.15) is 0 Å². The Kier molecular flexibility index (Phi) is 4.70. The molecule has 1 aromatic carbocycles. The van der Waals surface area contributed by atoms with E-state index in [2.05, 4.69) is 14.9 Å². The van der Waals surface area contributed by atoms with Crippen LogP contribution in [0.15, 0.2) is 40.6 Å². The Hall–Kier alpha value is -2.30. The Balaban J connectivity index is 1.64. The molecule has 4 rings (SSSR count). The van der Waals surface area contributed by atoms with Gasteiger partial charge >= 0.3 is 0 Å². The van der Waals surface area contributed by atoms with Gasteiger partial charge in [0.2, 0.25) is 5.13 Å². The maximum atomic E-state index is 12.7. The number of rotatable bonds is 4. The van der Waals surface area contributed by atoms with E-state index in [4.69, 9.17) is 0 Å². The largest absolute Gasteiger partial charge is 0.307 e. The summed E-state index contributed by atoms with van der Waals surface area (Å²) in [6.45, 7) is 2.38. The molecular formula is C17H16N4O3S3. The summed E-state index contributed by atoms with van der Waals surface area (Å²) < 4.78 is 27.8. The van der Waals surface area contributed by atoms with E-state index in [1.807, 2.05) is 11.4 Å². The van der Waals surface area contributed by atoms with Gasteiger partial charge in [-0.25, -0.2) is 8.42 Å². The zero-order chi connectivity index (χ0) is 19.0. The highest BCUT2D eigenvalue weighted by atomic mass is 32.2. The zero-order valence-electron chi connectivity index (χ0n) is 14.4. The minimum atomic E-state index is -3.76. The maximum absolute atomic E-state index is 12.7. The van der Waals surface area contributed by atoms with Gasteiger partial charge in [-0.05, 0) is 55.0 Å². The zero-order valence-corrected chi connectivity index (χ0v) is 16.8. The number of nitrogens with one attached hydrogen (secondary N) is 1. The number of aryl methyl sites for hydroxylation is 2. The van der Waals surface area contributed by atoms with Crippen LogP contribution < -0.4 is 9.62 Å². The molecule has 3 heterocycles. The summed E-state index contributed by atoms with van der Waals surface area (Å²) in [5.41, 5.74) is 1.62. The van der Waals surface area contributed by atoms with Crippen molar-refractivity contribution in [2.24, 2.45) is 0 Å². The van der Waals surface area contributed by atoms with Gasteiger partial charge in [0, 0.05) is 12.2 Å². The molecule has 0 saturated heterocycles. The number of thiophene rings is 1. The third-order valence-electron chi connectivity index (χ3n) is 4.20. The topological polar surface area (TPSA) is 92.3 Å². The highest BCUT2D eigenvalue weighted by Gasteiger charge is 2.26. The van der Waals surface area contributed by atoms with E-state index in [0.717, 1.165) is 24.1 Å². The van der Waals surface area contributed by atoms with Crippen molar-refractivity contribution in [1.82, 2.24) is 10.2 Å². The van der Waals surface area contributed by atoms with E-state index in [1.54, 1.807) is 30.0 Å². The first-order valence-corrected chi connectivity index (χ1v) is 11.4. The molecule has 0 spiro atoms. The van der Waals surface area contributed by atoms with Crippen LogP contribution in [0.25, 0.3) is 0 Å². The number of aromatic nitrogens is 2. The van der Waals surface area contributed by atoms with Crippen molar-refractivity contribution in [3.8, 4) is 0 Å². The highest BCUT2D eigenvalue weighted by molar-refractivity contribution is 7.93. The second kappa shape index (κ2) is 7.02. The van der Waals surface area contributed by atoms with Gasteiger partial charge < -0.3 is 4.90 Å². The molecule has 0 fully saturated rings. The molecule has 27 heavy (non-hydrogen) atoms. The summed E-state index contributed by atoms with van der Waals surface area (Å²) in [4.78, 5) is 15.3. The number of fused-ring (bicyclic) bond motifs is 1. The average molecular weight is 421 g/mol. The van der Waals surface area contributed by atoms with Crippen LogP contribution in [0.5, 0.6) is 0 Å². The lowest BCUT2D eigenvalue weighted by Crippen LogP contribution is -2.35. The van der Waals surface area contributed by atoms with Crippen molar-refractivity contribution in [3.63, 3.8) is 0 Å². The number of sulfonamides is 1. The predicted octanol–water partition coefficient (Wildman–Crippen LogP) is 3.30. The molecule has 0 atom stereocenters. The first-order chi connectivity index (χ1) is 12.9. The molecule has 3 aromatic rings. The predicted molar refractivity (Wildman–Crippen MR) is 106 cm³/mol. The first kappa shape index (κ1) is 18.1. The quantitative estimate of drug-likeness (QED) is 0.699. The molecule has 1 aliphatic rings. The van der Waals surface area contributed by atoms with Crippen LogP contribution in [0, 0.1) is 6.92 Å². The third kappa shape index (κ3) is 3.60. The van der Waals surface area contributed by atoms with Crippen LogP contribution in [-0.4, -0.2) is 31.1 Å². The Morgan fingerprint density at radius 1 is 1.26 bits per heavy atom. The summed E-state index contributed by atoms with van der Waals surface area (Å²) in [6.07, 6.45) is 1.52. The molecule has 140 valence electrons. The molecule has 2 aromatic heterocycles. The van der Waals surface area contributed by atoms with Crippen LogP contribution >= 0.6 is 22.7 Å². The fourth-order valence-electron chi connectivity index (χ4n) is 3.00. The standard InChI is InChI=1S/C17H16N4O3S3/c1-11-18-19-17(26-11)20-27(23,24)13-6-7-14-12(10-13)4-2-8-21(14)16(22)15-5-3-9-25-15/h3,5-7,9-10H,2,4,8H2,1H3,(H,19,20). The van der Waals surface area contributed by atoms with Gasteiger partial charge in [0.05, 0.1) is 9.77 Å². The lowest BCUT2D eigenvalue weighted by Gasteiger charge is -2.29. The third-order valence-corrected chi connectivity index (χ3v) is 7.28. The smallest absolute Gasteiger partial charge is 0.268 e. The normalized spacial score (nSPS) is 14.0. The number of benzene rings is 1. The number of nitrogens with zero attached hydrogens (tertiary/aromatic N) is 3. The monoisotopic (exact) mass is 420 g/mol. The number of carbonyl (C=O) groups excluding carboxylic acids is 1. The Morgan fingerprint density at radius 2 is 2.11 bits per heavy atom. The van der Waals surface area contributed by atoms with Crippen LogP contribution in [0.2, 0.25) is 0 Å². The maximum Gasteiger partial charge on any atom is 0.268 e. The molecule has 7 nitrogen and oxygen atoms in total. The van der Waals surface area contributed by atoms with E-state index in [1.165, 1.54) is 28.7 Å². The van der Waals surface area contributed by atoms with Gasteiger partial charge in [0.15, 0.2) is 0 Å². The molecule has 1 amide bonds. The van der Waals surface area contributed by atoms with Crippen molar-refractivity contribution >= 4 is 49.4 Å². The second-order valence-corrected chi connectivity index (χ2v) is 9.87. The minimum Gasteiger partial charge on any atom is -0.307 e. The number of carbonyl (C=O) groups is 1. The van der Waals surface area contributed by atoms with Crippen molar-refractivity contribution < 1.29 is 13.2 Å². The molecule has 0 aliphatic carbocycles. The van der Waals surface area contributed by atoms with E-state index in [0.29, 0.717) is 16.4 Å². The van der Waals surface area contributed by atoms with Gasteiger partial charge in [-0.1, -0.05) is 17.4 Å². The fraction of sp³-hybridized carbons (Fsp3) is 0.235. The number of hydrogen-bond donors (Lipinski definition) is 1. The van der Waals surface area contributed by atoms with Crippen molar-refractivity contribution in [1.29, 1.82) is 0 Å². The molecule has 0 bridgehead atoms. The van der Waals surface area contributed by atoms with Crippen LogP contribution in [0.4, 0.5) is 10.8 Å². The molecule has 10 heteroatoms. The fourth-order valence-corrected chi connectivity index (χ4v) is 5.54. The minimum absolute atomic E-state index is 0.0518. The van der Waals surface area contributed by atoms with Crippen molar-refractivity contribution in [3.05, 3.63) is 51.2 Å². The van der Waals surface area contributed by atoms with Crippen LogP contribution in [-0.2, 0) is 16.4 Å². The van der Waals surface area contributed by atoms with Crippen molar-refractivity contribution in [2.75, 3.05) is 16.2 Å². The second-order valence-electron chi connectivity index (χ2n) is 6.06. The Morgan fingerprint density at radius 3 is 2.81 bits per heavy atom. The Labute approximate surface area is 164 Å². The van der Waals surface area contributed by atoms with Crippen LogP contribution in [0.3, 0.4) is 0 Å². The summed E-state index contributed by atoms with van der Waals surface area (Å²) in [5, 5.41) is 10.4. The molecule has 0 saturated carbocycles. The van der Waals surface area contributed by atoms with Gasteiger partial charge in [-0.3, -0.25) is 9.52 Å². The first-order valence-electron chi connectivity index (χ1n) is 8.25. The molecule has 0 radical (unpaired) electrons. The highest BCUT2D eigenvalue weighted by Crippen LogP contribution is 2.32. The SMILES string of the molecule is Cc1nnc(NS(=O)(=O)c2ccc3c(c2)CCCN3C(=O)c2cccs2)s1. The van der Waals surface area contributed by atoms with E-state index < -0.39 is 10.0 Å². The summed E-state index contributed by atoms with van der Waals surface area (Å²) >= 11 is 2.58. The summed E-state index contributed by atoms with van der Waals surface area (Å²) in [6, 6.07) is 8.52. The number of hydrogen-bond acceptors (Lipinski definition) is 7. The lowest BCUT2D eigenvalue weighted by atomic mass is 10.0. The average Bonchev–Trinajstić information content (AvgIpc) is 3.32. The van der Waals surface area contributed by atoms with E-state index in [-0.39, 0.29) is 15.9 Å². The van der Waals surface area contributed by atoms with Gasteiger partial charge in [0.25, 0.3) is 15.9 Å². The molecular weight excluding hydrogens is 404 g/mol. The van der Waals surface area contributed by atoms with Gasteiger partial charge in [-0.15, -0.1) is 21.5 Å². The van der Waals surface area contributed by atoms with Gasteiger partial charge in [0.1, 0.15) is 5.01 Å². The summed E-state index contributed by atoms with van der Waals surface area (Å²) in [5.74, 6) is -0.0518. The number of anilines is 2. The van der Waals surface area contributed by atoms with E-state index in [9.17, 15) is 13.2 Å². The lowest BCUT2D eigenvalue weighted by molar-refractivity contribution is 0.0989. The number of amides is 1. The Bertz CT molecular complexity index is 1090.